The van der Waals surface area contributed by atoms with Gasteiger partial charge in [-0.15, -0.1) is 0 Å². The van der Waals surface area contributed by atoms with Gasteiger partial charge in [0, 0.05) is 0 Å². The molecule has 0 saturated heterocycles. The quantitative estimate of drug-likeness (QED) is 0.206. The van der Waals surface area contributed by atoms with Gasteiger partial charge < -0.3 is 19.0 Å². The highest BCUT2D eigenvalue weighted by molar-refractivity contribution is 6.01. The van der Waals surface area contributed by atoms with E-state index >= 15 is 0 Å². The molecule has 160 valence electrons. The van der Waals surface area contributed by atoms with Crippen molar-refractivity contribution in [1.82, 2.24) is 5.43 Å². The number of methoxy groups -OCH3 is 1. The van der Waals surface area contributed by atoms with Gasteiger partial charge in [-0.05, 0) is 58.8 Å². The summed E-state index contributed by atoms with van der Waals surface area (Å²) in [4.78, 5) is 24.5. The molecule has 0 unspecified atom stereocenters. The van der Waals surface area contributed by atoms with Gasteiger partial charge in [0.25, 0.3) is 5.91 Å². The highest BCUT2D eigenvalue weighted by Crippen LogP contribution is 2.28. The molecule has 0 aliphatic heterocycles. The predicted octanol–water partition coefficient (Wildman–Crippen LogP) is 4.13. The van der Waals surface area contributed by atoms with Crippen LogP contribution in [-0.2, 0) is 0 Å². The number of phenolic OH excluding ortho intramolecular Hbond substituents is 1. The third-order valence-electron chi connectivity index (χ3n) is 4.60. The number of hydrazone groups is 1. The Morgan fingerprint density at radius 1 is 1.00 bits per heavy atom. The van der Waals surface area contributed by atoms with E-state index in [-0.39, 0.29) is 22.8 Å². The van der Waals surface area contributed by atoms with Crippen LogP contribution in [0.15, 0.2) is 82.5 Å². The zero-order chi connectivity index (χ0) is 22.5. The van der Waals surface area contributed by atoms with Crippen molar-refractivity contribution < 1.29 is 28.6 Å². The number of benzene rings is 3. The second-order valence-corrected chi connectivity index (χ2v) is 6.69. The maximum atomic E-state index is 12.4. The molecule has 0 radical (unpaired) electrons. The normalized spacial score (nSPS) is 10.9. The fourth-order valence-corrected chi connectivity index (χ4v) is 3.03. The number of phenols is 1. The third kappa shape index (κ3) is 4.44. The average molecular weight is 430 g/mol. The summed E-state index contributed by atoms with van der Waals surface area (Å²) < 4.78 is 15.6. The van der Waals surface area contributed by atoms with Crippen molar-refractivity contribution in [2.75, 3.05) is 7.11 Å². The summed E-state index contributed by atoms with van der Waals surface area (Å²) in [6.45, 7) is 0. The van der Waals surface area contributed by atoms with Crippen molar-refractivity contribution in [1.29, 1.82) is 0 Å². The number of hydrogen-bond acceptors (Lipinski definition) is 7. The zero-order valence-electron chi connectivity index (χ0n) is 16.9. The van der Waals surface area contributed by atoms with E-state index in [1.165, 1.54) is 37.8 Å². The van der Waals surface area contributed by atoms with E-state index in [1.807, 2.05) is 24.3 Å². The van der Waals surface area contributed by atoms with Crippen LogP contribution in [-0.4, -0.2) is 30.3 Å². The molecule has 4 rings (SSSR count). The molecule has 4 aromatic rings. The highest BCUT2D eigenvalue weighted by atomic mass is 16.6. The molecule has 8 nitrogen and oxygen atoms in total. The number of amides is 1. The van der Waals surface area contributed by atoms with E-state index in [9.17, 15) is 14.7 Å². The minimum Gasteiger partial charge on any atom is -0.507 e. The number of furan rings is 1. The van der Waals surface area contributed by atoms with Crippen molar-refractivity contribution in [3.63, 3.8) is 0 Å². The molecule has 8 heteroatoms. The number of aromatic hydroxyl groups is 1. The monoisotopic (exact) mass is 430 g/mol. The Balaban J connectivity index is 1.46. The molecule has 0 aliphatic rings. The molecule has 0 saturated carbocycles. The number of hydrogen-bond donors (Lipinski definition) is 2. The van der Waals surface area contributed by atoms with Crippen molar-refractivity contribution in [2.24, 2.45) is 5.10 Å². The van der Waals surface area contributed by atoms with Gasteiger partial charge >= 0.3 is 5.97 Å². The smallest absolute Gasteiger partial charge is 0.379 e. The van der Waals surface area contributed by atoms with Gasteiger partial charge in [-0.3, -0.25) is 4.79 Å². The number of fused-ring (bicyclic) bond motifs is 1. The third-order valence-corrected chi connectivity index (χ3v) is 4.60. The van der Waals surface area contributed by atoms with Crippen LogP contribution in [0, 0.1) is 0 Å². The van der Waals surface area contributed by atoms with E-state index in [4.69, 9.17) is 13.9 Å². The summed E-state index contributed by atoms with van der Waals surface area (Å²) in [5, 5.41) is 15.7. The molecule has 1 amide bonds. The summed E-state index contributed by atoms with van der Waals surface area (Å²) in [7, 11) is 1.44. The molecular formula is C24H18N2O6. The van der Waals surface area contributed by atoms with Crippen LogP contribution in [0.3, 0.4) is 0 Å². The first-order chi connectivity index (χ1) is 15.5. The lowest BCUT2D eigenvalue weighted by molar-refractivity contribution is 0.0696. The van der Waals surface area contributed by atoms with Gasteiger partial charge in [-0.1, -0.05) is 24.3 Å². The van der Waals surface area contributed by atoms with E-state index in [2.05, 4.69) is 10.5 Å². The highest BCUT2D eigenvalue weighted by Gasteiger charge is 2.15. The van der Waals surface area contributed by atoms with Gasteiger partial charge in [0.2, 0.25) is 5.76 Å². The zero-order valence-corrected chi connectivity index (χ0v) is 16.9. The lowest BCUT2D eigenvalue weighted by Gasteiger charge is -2.09. The maximum absolute atomic E-state index is 12.4. The Labute approximate surface area is 182 Å². The van der Waals surface area contributed by atoms with Crippen LogP contribution in [0.25, 0.3) is 10.8 Å². The number of carbonyl (C=O) groups is 2. The standard InChI is InChI=1S/C24H18N2O6/c1-30-22-11-15(8-9-20(22)32-24(29)21-7-4-10-31-21)14-25-26-23(28)18-12-16-5-2-3-6-17(16)13-19(18)27/h2-14,27H,1H3,(H,26,28). The number of nitrogens with one attached hydrogen (secondary N) is 1. The van der Waals surface area contributed by atoms with Gasteiger partial charge in [-0.2, -0.15) is 5.10 Å². The lowest BCUT2D eigenvalue weighted by Crippen LogP contribution is -2.17. The van der Waals surface area contributed by atoms with E-state index in [1.54, 1.807) is 24.3 Å². The SMILES string of the molecule is COc1cc(C=NNC(=O)c2cc3ccccc3cc2O)ccc1OC(=O)c1ccco1. The van der Waals surface area contributed by atoms with Crippen LogP contribution in [0.2, 0.25) is 0 Å². The second kappa shape index (κ2) is 9.05. The van der Waals surface area contributed by atoms with Gasteiger partial charge in [0.15, 0.2) is 11.5 Å². The van der Waals surface area contributed by atoms with Crippen LogP contribution < -0.4 is 14.9 Å². The van der Waals surface area contributed by atoms with Crippen molar-refractivity contribution in [3.05, 3.63) is 89.9 Å². The summed E-state index contributed by atoms with van der Waals surface area (Å²) in [5.41, 5.74) is 3.08. The van der Waals surface area contributed by atoms with Crippen molar-refractivity contribution in [3.8, 4) is 17.2 Å². The Kier molecular flexibility index (Phi) is 5.85. The lowest BCUT2D eigenvalue weighted by atomic mass is 10.1. The molecule has 32 heavy (non-hydrogen) atoms. The van der Waals surface area contributed by atoms with E-state index < -0.39 is 11.9 Å². The van der Waals surface area contributed by atoms with Crippen molar-refractivity contribution >= 4 is 28.9 Å². The Morgan fingerprint density at radius 3 is 2.50 bits per heavy atom. The molecule has 1 aromatic heterocycles. The fourth-order valence-electron chi connectivity index (χ4n) is 3.03. The Morgan fingerprint density at radius 2 is 1.78 bits per heavy atom. The van der Waals surface area contributed by atoms with Gasteiger partial charge in [-0.25, -0.2) is 10.2 Å². The van der Waals surface area contributed by atoms with Crippen LogP contribution in [0.5, 0.6) is 17.2 Å². The molecule has 0 atom stereocenters. The molecule has 3 aromatic carbocycles. The second-order valence-electron chi connectivity index (χ2n) is 6.69. The average Bonchev–Trinajstić information content (AvgIpc) is 3.34. The summed E-state index contributed by atoms with van der Waals surface area (Å²) in [5.74, 6) is -0.778. The molecule has 0 aliphatic carbocycles. The molecule has 0 spiro atoms. The van der Waals surface area contributed by atoms with Crippen LogP contribution in [0.4, 0.5) is 0 Å². The van der Waals surface area contributed by atoms with E-state index in [0.29, 0.717) is 11.3 Å². The number of nitrogens with zero attached hydrogens (tertiary/aromatic N) is 1. The number of esters is 1. The van der Waals surface area contributed by atoms with Crippen molar-refractivity contribution in [2.45, 2.75) is 0 Å². The van der Waals surface area contributed by atoms with Gasteiger partial charge in [0.1, 0.15) is 5.75 Å². The number of ether oxygens (including phenoxy) is 2. The molecule has 0 bridgehead atoms. The first-order valence-electron chi connectivity index (χ1n) is 9.54. The fraction of sp³-hybridized carbons (Fsp3) is 0.0417. The minimum atomic E-state index is -0.655. The summed E-state index contributed by atoms with van der Waals surface area (Å²) in [6, 6.07) is 18.4. The molecule has 1 heterocycles. The Bertz CT molecular complexity index is 1310. The summed E-state index contributed by atoms with van der Waals surface area (Å²) >= 11 is 0. The number of carbonyl (C=O) groups excluding carboxylic acids is 2. The molecule has 2 N–H and O–H groups in total. The maximum Gasteiger partial charge on any atom is 0.379 e. The molecule has 0 fully saturated rings. The predicted molar refractivity (Wildman–Crippen MR) is 117 cm³/mol. The van der Waals surface area contributed by atoms with Crippen LogP contribution >= 0.6 is 0 Å². The van der Waals surface area contributed by atoms with Crippen LogP contribution in [0.1, 0.15) is 26.5 Å². The Hall–Kier alpha value is -4.59. The largest absolute Gasteiger partial charge is 0.507 e. The topological polar surface area (TPSA) is 110 Å². The first kappa shape index (κ1) is 20.7. The minimum absolute atomic E-state index is 0.0670. The molecular weight excluding hydrogens is 412 g/mol. The first-order valence-corrected chi connectivity index (χ1v) is 9.54. The van der Waals surface area contributed by atoms with Gasteiger partial charge in [0.05, 0.1) is 25.2 Å². The number of rotatable bonds is 6. The van der Waals surface area contributed by atoms with E-state index in [0.717, 1.165) is 10.8 Å². The summed E-state index contributed by atoms with van der Waals surface area (Å²) in [6.07, 6.45) is 2.77.